The Balaban J connectivity index is 1.52. The van der Waals surface area contributed by atoms with Crippen LogP contribution in [-0.4, -0.2) is 31.7 Å². The van der Waals surface area contributed by atoms with Gasteiger partial charge >= 0.3 is 0 Å². The van der Waals surface area contributed by atoms with Crippen molar-refractivity contribution >= 4 is 33.1 Å². The van der Waals surface area contributed by atoms with E-state index in [0.29, 0.717) is 5.69 Å². The van der Waals surface area contributed by atoms with Gasteiger partial charge in [-0.1, -0.05) is 18.2 Å². The molecule has 0 unspecified atom stereocenters. The zero-order valence-electron chi connectivity index (χ0n) is 15.1. The van der Waals surface area contributed by atoms with Crippen LogP contribution in [0.25, 0.3) is 15.9 Å². The highest BCUT2D eigenvalue weighted by Gasteiger charge is 2.32. The number of aromatic nitrogens is 3. The molecule has 0 bridgehead atoms. The average Bonchev–Trinajstić information content (AvgIpc) is 3.32. The number of hydrogen-bond acceptors (Lipinski definition) is 4. The maximum Gasteiger partial charge on any atom is 0.274 e. The van der Waals surface area contributed by atoms with E-state index in [1.54, 1.807) is 11.3 Å². The van der Waals surface area contributed by atoms with Gasteiger partial charge in [0.05, 0.1) is 16.3 Å². The predicted octanol–water partition coefficient (Wildman–Crippen LogP) is 4.62. The number of piperidine rings is 1. The largest absolute Gasteiger partial charge is 0.328 e. The summed E-state index contributed by atoms with van der Waals surface area (Å²) in [5, 5.41) is 1.03. The van der Waals surface area contributed by atoms with Crippen molar-refractivity contribution in [1.29, 1.82) is 0 Å². The molecule has 1 aliphatic heterocycles. The van der Waals surface area contributed by atoms with Crippen LogP contribution in [0.4, 0.5) is 0 Å². The summed E-state index contributed by atoms with van der Waals surface area (Å²) in [7, 11) is 0. The third-order valence-electron chi connectivity index (χ3n) is 5.27. The number of likely N-dealkylation sites (tertiary alicyclic amines) is 1. The van der Waals surface area contributed by atoms with Crippen LogP contribution in [-0.2, 0) is 0 Å². The summed E-state index contributed by atoms with van der Waals surface area (Å²) >= 11 is 1.70. The summed E-state index contributed by atoms with van der Waals surface area (Å²) in [6.45, 7) is 2.78. The van der Waals surface area contributed by atoms with Crippen molar-refractivity contribution in [1.82, 2.24) is 19.3 Å². The molecule has 0 saturated carbocycles. The first-order valence-electron chi connectivity index (χ1n) is 9.32. The quantitative estimate of drug-likeness (QED) is 0.513. The number of thiazole rings is 1. The van der Waals surface area contributed by atoms with Gasteiger partial charge < -0.3 is 9.30 Å². The molecule has 136 valence electrons. The zero-order chi connectivity index (χ0) is 18.4. The lowest BCUT2D eigenvalue weighted by atomic mass is 10.0. The number of aryl methyl sites for hydroxylation is 1. The third-order valence-corrected chi connectivity index (χ3v) is 6.41. The normalized spacial score (nSPS) is 17.7. The summed E-state index contributed by atoms with van der Waals surface area (Å²) < 4.78 is 3.15. The lowest BCUT2D eigenvalue weighted by molar-refractivity contribution is 0.0606. The summed E-state index contributed by atoms with van der Waals surface area (Å²) in [4.78, 5) is 24.7. The molecule has 0 radical (unpaired) electrons. The van der Waals surface area contributed by atoms with E-state index >= 15 is 0 Å². The molecule has 4 aromatic rings. The Bertz CT molecular complexity index is 1110. The number of carbonyl (C=O) groups is 1. The molecule has 0 spiro atoms. The third kappa shape index (κ3) is 2.80. The minimum Gasteiger partial charge on any atom is -0.328 e. The van der Waals surface area contributed by atoms with Gasteiger partial charge in [0.1, 0.15) is 16.3 Å². The smallest absolute Gasteiger partial charge is 0.274 e. The molecule has 1 saturated heterocycles. The second-order valence-corrected chi connectivity index (χ2v) is 8.11. The van der Waals surface area contributed by atoms with E-state index < -0.39 is 0 Å². The van der Waals surface area contributed by atoms with E-state index in [0.717, 1.165) is 47.7 Å². The summed E-state index contributed by atoms with van der Waals surface area (Å²) in [5.41, 5.74) is 3.41. The molecular weight excluding hydrogens is 356 g/mol. The lowest BCUT2D eigenvalue weighted by Crippen LogP contribution is -2.38. The molecule has 1 aliphatic rings. The number of amides is 1. The van der Waals surface area contributed by atoms with E-state index in [2.05, 4.69) is 11.1 Å². The van der Waals surface area contributed by atoms with Crippen molar-refractivity contribution < 1.29 is 4.79 Å². The second-order valence-electron chi connectivity index (χ2n) is 7.05. The molecule has 0 aliphatic carbocycles. The lowest BCUT2D eigenvalue weighted by Gasteiger charge is -2.34. The molecule has 5 nitrogen and oxygen atoms in total. The fourth-order valence-electron chi connectivity index (χ4n) is 3.86. The number of carbonyl (C=O) groups excluding carboxylic acids is 1. The van der Waals surface area contributed by atoms with Crippen molar-refractivity contribution in [2.45, 2.75) is 32.2 Å². The van der Waals surface area contributed by atoms with Gasteiger partial charge in [-0.2, -0.15) is 0 Å². The first kappa shape index (κ1) is 16.4. The van der Waals surface area contributed by atoms with Gasteiger partial charge in [-0.3, -0.25) is 4.79 Å². The van der Waals surface area contributed by atoms with E-state index in [1.165, 1.54) is 4.70 Å². The van der Waals surface area contributed by atoms with Gasteiger partial charge in [-0.25, -0.2) is 9.97 Å². The summed E-state index contributed by atoms with van der Waals surface area (Å²) in [6.07, 6.45) is 4.96. The van der Waals surface area contributed by atoms with Crippen molar-refractivity contribution in [3.05, 3.63) is 65.1 Å². The predicted molar refractivity (Wildman–Crippen MR) is 107 cm³/mol. The highest BCUT2D eigenvalue weighted by Crippen LogP contribution is 2.36. The number of imidazole rings is 1. The van der Waals surface area contributed by atoms with E-state index in [-0.39, 0.29) is 11.9 Å². The maximum atomic E-state index is 13.3. The molecule has 1 fully saturated rings. The number of fused-ring (bicyclic) bond motifs is 2. The first-order valence-corrected chi connectivity index (χ1v) is 10.1. The fraction of sp³-hybridized carbons (Fsp3) is 0.286. The molecule has 4 heterocycles. The van der Waals surface area contributed by atoms with Crippen LogP contribution in [0.5, 0.6) is 0 Å². The number of pyridine rings is 1. The second kappa shape index (κ2) is 6.46. The maximum absolute atomic E-state index is 13.3. The van der Waals surface area contributed by atoms with E-state index in [1.807, 2.05) is 58.8 Å². The van der Waals surface area contributed by atoms with Crippen LogP contribution in [0.1, 0.15) is 46.5 Å². The number of rotatable bonds is 2. The van der Waals surface area contributed by atoms with Crippen LogP contribution in [0, 0.1) is 6.92 Å². The molecule has 6 heteroatoms. The molecule has 3 aromatic heterocycles. The minimum absolute atomic E-state index is 0.00190. The Morgan fingerprint density at radius 2 is 2.00 bits per heavy atom. The number of nitrogens with zero attached hydrogens (tertiary/aromatic N) is 4. The highest BCUT2D eigenvalue weighted by atomic mass is 32.1. The van der Waals surface area contributed by atoms with Crippen LogP contribution in [0.3, 0.4) is 0 Å². The van der Waals surface area contributed by atoms with Crippen LogP contribution < -0.4 is 0 Å². The number of hydrogen-bond donors (Lipinski definition) is 0. The summed E-state index contributed by atoms with van der Waals surface area (Å²) in [6, 6.07) is 14.1. The van der Waals surface area contributed by atoms with Gasteiger partial charge in [0, 0.05) is 18.4 Å². The molecule has 5 rings (SSSR count). The molecular formula is C21H20N4OS. The Kier molecular flexibility index (Phi) is 3.93. The van der Waals surface area contributed by atoms with Gasteiger partial charge in [-0.15, -0.1) is 11.3 Å². The molecule has 0 N–H and O–H groups in total. The fourth-order valence-corrected chi connectivity index (χ4v) is 4.98. The Morgan fingerprint density at radius 1 is 1.11 bits per heavy atom. The monoisotopic (exact) mass is 376 g/mol. The van der Waals surface area contributed by atoms with Gasteiger partial charge in [0.2, 0.25) is 0 Å². The van der Waals surface area contributed by atoms with Gasteiger partial charge in [0.15, 0.2) is 0 Å². The van der Waals surface area contributed by atoms with Gasteiger partial charge in [-0.05, 0) is 50.5 Å². The van der Waals surface area contributed by atoms with Crippen molar-refractivity contribution in [2.24, 2.45) is 0 Å². The van der Waals surface area contributed by atoms with Crippen LogP contribution in [0.15, 0.2) is 48.7 Å². The van der Waals surface area contributed by atoms with Crippen molar-refractivity contribution in [2.75, 3.05) is 6.54 Å². The molecule has 1 amide bonds. The topological polar surface area (TPSA) is 50.5 Å². The average molecular weight is 376 g/mol. The van der Waals surface area contributed by atoms with E-state index in [9.17, 15) is 4.79 Å². The Morgan fingerprint density at radius 3 is 2.85 bits per heavy atom. The molecule has 1 aromatic carbocycles. The minimum atomic E-state index is 0.00190. The van der Waals surface area contributed by atoms with Crippen LogP contribution >= 0.6 is 11.3 Å². The highest BCUT2D eigenvalue weighted by molar-refractivity contribution is 7.18. The summed E-state index contributed by atoms with van der Waals surface area (Å²) in [5.74, 6) is 0.00190. The van der Waals surface area contributed by atoms with Gasteiger partial charge in [0.25, 0.3) is 5.91 Å². The van der Waals surface area contributed by atoms with Crippen LogP contribution in [0.2, 0.25) is 0 Å². The molecule has 1 atom stereocenters. The van der Waals surface area contributed by atoms with Crippen molar-refractivity contribution in [3.63, 3.8) is 0 Å². The Labute approximate surface area is 161 Å². The first-order chi connectivity index (χ1) is 13.2. The van der Waals surface area contributed by atoms with E-state index in [4.69, 9.17) is 4.98 Å². The SMILES string of the molecule is Cc1cccc2nc(C(=O)N3CCCC[C@H]3c3nc4ccccc4s3)cn12. The zero-order valence-corrected chi connectivity index (χ0v) is 15.9. The standard InChI is InChI=1S/C21H20N4OS/c1-14-7-6-11-19-22-16(13-25(14)19)21(26)24-12-5-4-9-17(24)20-23-15-8-2-3-10-18(15)27-20/h2-3,6-8,10-11,13,17H,4-5,9,12H2,1H3/t17-/m0/s1. The molecule has 27 heavy (non-hydrogen) atoms. The number of benzene rings is 1. The van der Waals surface area contributed by atoms with Crippen molar-refractivity contribution in [3.8, 4) is 0 Å². The number of para-hydroxylation sites is 1. The Hall–Kier alpha value is -2.73.